The molecule has 0 bridgehead atoms. The van der Waals surface area contributed by atoms with Crippen LogP contribution >= 0.6 is 0 Å². The van der Waals surface area contributed by atoms with Crippen LogP contribution in [-0.2, 0) is 4.79 Å². The summed E-state index contributed by atoms with van der Waals surface area (Å²) in [4.78, 5) is 16.5. The molecule has 0 radical (unpaired) electrons. The zero-order valence-corrected chi connectivity index (χ0v) is 11.1. The standard InChI is InChI=1S/C13H22N4O/c1-11(12-9-15-10-12)13(18)17-7-5-16(6-8-17)4-2-3-14/h11-12,15H,2,4-10H2,1H3. The predicted octanol–water partition coefficient (Wildman–Crippen LogP) is -0.100. The first-order chi connectivity index (χ1) is 8.72. The van der Waals surface area contributed by atoms with Crippen molar-refractivity contribution in [2.24, 2.45) is 11.8 Å². The van der Waals surface area contributed by atoms with E-state index in [0.29, 0.717) is 18.2 Å². The fourth-order valence-corrected chi connectivity index (χ4v) is 2.55. The zero-order valence-electron chi connectivity index (χ0n) is 11.1. The lowest BCUT2D eigenvalue weighted by atomic mass is 9.88. The lowest BCUT2D eigenvalue weighted by molar-refractivity contribution is -0.139. The Kier molecular flexibility index (Phi) is 4.56. The number of rotatable bonds is 4. The fraction of sp³-hybridized carbons (Fsp3) is 0.846. The van der Waals surface area contributed by atoms with E-state index in [9.17, 15) is 4.79 Å². The van der Waals surface area contributed by atoms with E-state index in [1.54, 1.807) is 0 Å². The minimum atomic E-state index is 0.150. The maximum Gasteiger partial charge on any atom is 0.225 e. The molecule has 1 amide bonds. The molecule has 1 N–H and O–H groups in total. The van der Waals surface area contributed by atoms with Crippen LogP contribution in [0.25, 0.3) is 0 Å². The monoisotopic (exact) mass is 250 g/mol. The second kappa shape index (κ2) is 6.17. The molecule has 0 aromatic heterocycles. The number of hydrogen-bond acceptors (Lipinski definition) is 4. The molecule has 0 saturated carbocycles. The van der Waals surface area contributed by atoms with Gasteiger partial charge in [-0.3, -0.25) is 9.69 Å². The van der Waals surface area contributed by atoms with Gasteiger partial charge in [0.05, 0.1) is 6.07 Å². The zero-order chi connectivity index (χ0) is 13.0. The van der Waals surface area contributed by atoms with Gasteiger partial charge in [-0.05, 0) is 19.0 Å². The highest BCUT2D eigenvalue weighted by atomic mass is 16.2. The summed E-state index contributed by atoms with van der Waals surface area (Å²) in [6.07, 6.45) is 0.581. The summed E-state index contributed by atoms with van der Waals surface area (Å²) in [6.45, 7) is 8.29. The van der Waals surface area contributed by atoms with Crippen molar-refractivity contribution in [2.75, 3.05) is 45.8 Å². The van der Waals surface area contributed by atoms with Crippen LogP contribution in [0.1, 0.15) is 13.3 Å². The van der Waals surface area contributed by atoms with Gasteiger partial charge >= 0.3 is 0 Å². The van der Waals surface area contributed by atoms with E-state index in [2.05, 4.69) is 23.2 Å². The van der Waals surface area contributed by atoms with Crippen LogP contribution in [0, 0.1) is 23.2 Å². The molecule has 5 nitrogen and oxygen atoms in total. The Morgan fingerprint density at radius 3 is 2.56 bits per heavy atom. The Morgan fingerprint density at radius 1 is 1.39 bits per heavy atom. The Morgan fingerprint density at radius 2 is 2.06 bits per heavy atom. The number of carbonyl (C=O) groups is 1. The highest BCUT2D eigenvalue weighted by Crippen LogP contribution is 2.19. The predicted molar refractivity (Wildman–Crippen MR) is 68.8 cm³/mol. The van der Waals surface area contributed by atoms with Crippen LogP contribution in [-0.4, -0.2) is 61.5 Å². The molecule has 18 heavy (non-hydrogen) atoms. The van der Waals surface area contributed by atoms with E-state index in [0.717, 1.165) is 45.8 Å². The molecule has 0 aliphatic carbocycles. The minimum Gasteiger partial charge on any atom is -0.340 e. The number of nitrogens with one attached hydrogen (secondary N) is 1. The first kappa shape index (κ1) is 13.3. The Balaban J connectivity index is 1.75. The number of carbonyl (C=O) groups excluding carboxylic acids is 1. The van der Waals surface area contributed by atoms with Crippen molar-refractivity contribution in [1.82, 2.24) is 15.1 Å². The molecule has 1 unspecified atom stereocenters. The summed E-state index contributed by atoms with van der Waals surface area (Å²) in [5, 5.41) is 11.8. The van der Waals surface area contributed by atoms with Gasteiger partial charge in [0.15, 0.2) is 0 Å². The number of nitrogens with zero attached hydrogens (tertiary/aromatic N) is 3. The normalized spacial score (nSPS) is 23.2. The molecule has 1 atom stereocenters. The van der Waals surface area contributed by atoms with Crippen molar-refractivity contribution in [1.29, 1.82) is 5.26 Å². The molecule has 2 aliphatic rings. The highest BCUT2D eigenvalue weighted by molar-refractivity contribution is 5.79. The van der Waals surface area contributed by atoms with Gasteiger partial charge in [-0.2, -0.15) is 5.26 Å². The molecule has 0 aromatic rings. The van der Waals surface area contributed by atoms with Gasteiger partial charge in [0, 0.05) is 45.1 Å². The summed E-state index contributed by atoms with van der Waals surface area (Å²) in [5.74, 6) is 0.979. The first-order valence-electron chi connectivity index (χ1n) is 6.81. The van der Waals surface area contributed by atoms with Crippen molar-refractivity contribution in [2.45, 2.75) is 13.3 Å². The van der Waals surface area contributed by atoms with Crippen LogP contribution in [0.15, 0.2) is 0 Å². The summed E-state index contributed by atoms with van der Waals surface area (Å²) >= 11 is 0. The summed E-state index contributed by atoms with van der Waals surface area (Å²) in [5.41, 5.74) is 0. The summed E-state index contributed by atoms with van der Waals surface area (Å²) in [6, 6.07) is 2.17. The van der Waals surface area contributed by atoms with Crippen molar-refractivity contribution in [3.8, 4) is 6.07 Å². The molecule has 100 valence electrons. The Bertz CT molecular complexity index is 326. The number of hydrogen-bond donors (Lipinski definition) is 1. The van der Waals surface area contributed by atoms with Crippen molar-refractivity contribution < 1.29 is 4.79 Å². The molecule has 2 heterocycles. The van der Waals surface area contributed by atoms with Crippen LogP contribution in [0.3, 0.4) is 0 Å². The molecule has 2 fully saturated rings. The van der Waals surface area contributed by atoms with Crippen molar-refractivity contribution in [3.63, 3.8) is 0 Å². The molecule has 0 spiro atoms. The van der Waals surface area contributed by atoms with E-state index >= 15 is 0 Å². The van der Waals surface area contributed by atoms with Crippen molar-refractivity contribution in [3.05, 3.63) is 0 Å². The van der Waals surface area contributed by atoms with E-state index in [1.165, 1.54) is 0 Å². The molecular formula is C13H22N4O. The lowest BCUT2D eigenvalue weighted by Gasteiger charge is -2.39. The van der Waals surface area contributed by atoms with Gasteiger partial charge in [-0.1, -0.05) is 6.92 Å². The maximum absolute atomic E-state index is 12.3. The largest absolute Gasteiger partial charge is 0.340 e. The smallest absolute Gasteiger partial charge is 0.225 e. The molecule has 0 aromatic carbocycles. The first-order valence-corrected chi connectivity index (χ1v) is 6.81. The van der Waals surface area contributed by atoms with Gasteiger partial charge in [0.1, 0.15) is 0 Å². The number of piperazine rings is 1. The van der Waals surface area contributed by atoms with Gasteiger partial charge in [0.2, 0.25) is 5.91 Å². The van der Waals surface area contributed by atoms with Crippen LogP contribution in [0.5, 0.6) is 0 Å². The second-order valence-corrected chi connectivity index (χ2v) is 5.28. The highest BCUT2D eigenvalue weighted by Gasteiger charge is 2.32. The minimum absolute atomic E-state index is 0.150. The third kappa shape index (κ3) is 3.01. The maximum atomic E-state index is 12.3. The summed E-state index contributed by atoms with van der Waals surface area (Å²) in [7, 11) is 0. The fourth-order valence-electron chi connectivity index (χ4n) is 2.55. The van der Waals surface area contributed by atoms with Gasteiger partial charge in [-0.15, -0.1) is 0 Å². The third-order valence-electron chi connectivity index (χ3n) is 4.13. The Labute approximate surface area is 109 Å². The van der Waals surface area contributed by atoms with Crippen molar-refractivity contribution >= 4 is 5.91 Å². The SMILES string of the molecule is CC(C(=O)N1CCN(CCC#N)CC1)C1CNC1. The average molecular weight is 250 g/mol. The number of amides is 1. The number of nitriles is 1. The lowest BCUT2D eigenvalue weighted by Crippen LogP contribution is -2.54. The van der Waals surface area contributed by atoms with Crippen LogP contribution in [0.2, 0.25) is 0 Å². The van der Waals surface area contributed by atoms with E-state index < -0.39 is 0 Å². The molecule has 2 saturated heterocycles. The second-order valence-electron chi connectivity index (χ2n) is 5.28. The van der Waals surface area contributed by atoms with Gasteiger partial charge in [-0.25, -0.2) is 0 Å². The van der Waals surface area contributed by atoms with Gasteiger partial charge in [0.25, 0.3) is 0 Å². The van der Waals surface area contributed by atoms with E-state index in [4.69, 9.17) is 5.26 Å². The Hall–Kier alpha value is -1.12. The quantitative estimate of drug-likeness (QED) is 0.757. The molecule has 5 heteroatoms. The van der Waals surface area contributed by atoms with Crippen LogP contribution in [0.4, 0.5) is 0 Å². The van der Waals surface area contributed by atoms with Gasteiger partial charge < -0.3 is 10.2 Å². The third-order valence-corrected chi connectivity index (χ3v) is 4.13. The summed E-state index contributed by atoms with van der Waals surface area (Å²) < 4.78 is 0. The van der Waals surface area contributed by atoms with Crippen LogP contribution < -0.4 is 5.32 Å². The van der Waals surface area contributed by atoms with E-state index in [1.807, 2.05) is 4.90 Å². The molecular weight excluding hydrogens is 228 g/mol. The van der Waals surface area contributed by atoms with E-state index in [-0.39, 0.29) is 5.92 Å². The molecule has 2 aliphatic heterocycles. The topological polar surface area (TPSA) is 59.4 Å². The average Bonchev–Trinajstić information content (AvgIpc) is 2.34. The molecule has 2 rings (SSSR count).